The van der Waals surface area contributed by atoms with E-state index in [-0.39, 0.29) is 23.4 Å². The molecule has 1 aromatic rings. The van der Waals surface area contributed by atoms with Crippen molar-refractivity contribution in [1.29, 1.82) is 0 Å². The molecule has 1 aliphatic heterocycles. The highest BCUT2D eigenvalue weighted by Crippen LogP contribution is 2.18. The van der Waals surface area contributed by atoms with Crippen molar-refractivity contribution in [3.05, 3.63) is 35.9 Å². The summed E-state index contributed by atoms with van der Waals surface area (Å²) < 4.78 is 29.3. The standard InChI is InChI=1S/C19H29N3O4S/c1-20-19(22-12-9-17(10-13-22)18(23)26-2)21-11-6-14-27(24,25)15-16-7-4-3-5-8-16/h3-5,7-8,17H,6,9-15H2,1-2H3,(H,20,21). The fourth-order valence-corrected chi connectivity index (χ4v) is 4.65. The third kappa shape index (κ3) is 6.86. The van der Waals surface area contributed by atoms with Gasteiger partial charge in [0.15, 0.2) is 15.8 Å². The Bertz CT molecular complexity index is 727. The van der Waals surface area contributed by atoms with E-state index in [9.17, 15) is 13.2 Å². The highest BCUT2D eigenvalue weighted by Gasteiger charge is 2.26. The number of hydrogen-bond acceptors (Lipinski definition) is 5. The Morgan fingerprint density at radius 2 is 1.93 bits per heavy atom. The van der Waals surface area contributed by atoms with E-state index in [2.05, 4.69) is 15.2 Å². The monoisotopic (exact) mass is 395 g/mol. The Labute approximate surface area is 161 Å². The van der Waals surface area contributed by atoms with Gasteiger partial charge in [0.1, 0.15) is 0 Å². The number of piperidine rings is 1. The van der Waals surface area contributed by atoms with Crippen molar-refractivity contribution in [2.24, 2.45) is 10.9 Å². The number of carbonyl (C=O) groups excluding carboxylic acids is 1. The number of aliphatic imine (C=N–C) groups is 1. The van der Waals surface area contributed by atoms with Crippen LogP contribution in [0.4, 0.5) is 0 Å². The van der Waals surface area contributed by atoms with Crippen molar-refractivity contribution in [2.75, 3.05) is 39.5 Å². The fourth-order valence-electron chi connectivity index (χ4n) is 3.22. The van der Waals surface area contributed by atoms with Gasteiger partial charge in [0.05, 0.1) is 24.5 Å². The van der Waals surface area contributed by atoms with E-state index in [1.165, 1.54) is 7.11 Å². The van der Waals surface area contributed by atoms with Crippen molar-refractivity contribution in [3.63, 3.8) is 0 Å². The number of methoxy groups -OCH3 is 1. The topological polar surface area (TPSA) is 88.1 Å². The second-order valence-electron chi connectivity index (χ2n) is 6.69. The highest BCUT2D eigenvalue weighted by molar-refractivity contribution is 7.90. The van der Waals surface area contributed by atoms with Crippen LogP contribution in [0.2, 0.25) is 0 Å². The van der Waals surface area contributed by atoms with Gasteiger partial charge in [-0.2, -0.15) is 0 Å². The van der Waals surface area contributed by atoms with Crippen molar-refractivity contribution in [2.45, 2.75) is 25.0 Å². The number of carbonyl (C=O) groups is 1. The molecule has 0 unspecified atom stereocenters. The van der Waals surface area contributed by atoms with Crippen LogP contribution in [0.15, 0.2) is 35.3 Å². The Morgan fingerprint density at radius 1 is 1.26 bits per heavy atom. The maximum atomic E-state index is 12.2. The number of rotatable bonds is 7. The summed E-state index contributed by atoms with van der Waals surface area (Å²) in [4.78, 5) is 18.0. The molecule has 150 valence electrons. The van der Waals surface area contributed by atoms with Gasteiger partial charge in [0.25, 0.3) is 0 Å². The number of sulfone groups is 1. The number of nitrogens with zero attached hydrogens (tertiary/aromatic N) is 2. The molecule has 2 rings (SSSR count). The summed E-state index contributed by atoms with van der Waals surface area (Å²) in [6, 6.07) is 9.23. The third-order valence-corrected chi connectivity index (χ3v) is 6.37. The molecule has 1 saturated heterocycles. The first-order chi connectivity index (χ1) is 12.9. The van der Waals surface area contributed by atoms with E-state index in [0.29, 0.717) is 13.0 Å². The molecule has 1 fully saturated rings. The number of ether oxygens (including phenoxy) is 1. The zero-order valence-corrected chi connectivity index (χ0v) is 16.9. The van der Waals surface area contributed by atoms with Gasteiger partial charge >= 0.3 is 5.97 Å². The Balaban J connectivity index is 1.73. The number of esters is 1. The Morgan fingerprint density at radius 3 is 2.52 bits per heavy atom. The molecule has 0 aliphatic carbocycles. The number of nitrogens with one attached hydrogen (secondary N) is 1. The van der Waals surface area contributed by atoms with Gasteiger partial charge < -0.3 is 15.0 Å². The van der Waals surface area contributed by atoms with Crippen LogP contribution in [0.1, 0.15) is 24.8 Å². The summed E-state index contributed by atoms with van der Waals surface area (Å²) in [6.07, 6.45) is 1.99. The minimum atomic E-state index is -3.13. The van der Waals surface area contributed by atoms with Crippen LogP contribution in [-0.4, -0.2) is 64.8 Å². The van der Waals surface area contributed by atoms with Crippen LogP contribution in [0.3, 0.4) is 0 Å². The van der Waals surface area contributed by atoms with Crippen LogP contribution in [0, 0.1) is 5.92 Å². The predicted octanol–water partition coefficient (Wildman–Crippen LogP) is 1.45. The van der Waals surface area contributed by atoms with Gasteiger partial charge in [-0.1, -0.05) is 30.3 Å². The lowest BCUT2D eigenvalue weighted by molar-refractivity contribution is -0.146. The first-order valence-electron chi connectivity index (χ1n) is 9.23. The van der Waals surface area contributed by atoms with E-state index in [1.54, 1.807) is 7.05 Å². The van der Waals surface area contributed by atoms with Crippen molar-refractivity contribution >= 4 is 21.8 Å². The first-order valence-corrected chi connectivity index (χ1v) is 11.0. The van der Waals surface area contributed by atoms with Crippen molar-refractivity contribution in [3.8, 4) is 0 Å². The largest absolute Gasteiger partial charge is 0.469 e. The van der Waals surface area contributed by atoms with Gasteiger partial charge in [-0.3, -0.25) is 9.79 Å². The number of guanidine groups is 1. The van der Waals surface area contributed by atoms with E-state index in [0.717, 1.165) is 37.5 Å². The van der Waals surface area contributed by atoms with Gasteiger partial charge in [0.2, 0.25) is 0 Å². The lowest BCUT2D eigenvalue weighted by Crippen LogP contribution is -2.47. The Kier molecular flexibility index (Phi) is 8.09. The molecule has 1 aromatic carbocycles. The summed E-state index contributed by atoms with van der Waals surface area (Å²) in [5, 5.41) is 3.23. The maximum absolute atomic E-state index is 12.2. The van der Waals surface area contributed by atoms with Crippen LogP contribution in [-0.2, 0) is 25.1 Å². The molecule has 0 bridgehead atoms. The van der Waals surface area contributed by atoms with Gasteiger partial charge in [-0.15, -0.1) is 0 Å². The normalized spacial score (nSPS) is 16.2. The molecule has 8 heteroatoms. The summed E-state index contributed by atoms with van der Waals surface area (Å²) in [5.74, 6) is 0.757. The second kappa shape index (κ2) is 10.3. The molecule has 7 nitrogen and oxygen atoms in total. The molecule has 1 N–H and O–H groups in total. The predicted molar refractivity (Wildman–Crippen MR) is 106 cm³/mol. The van der Waals surface area contributed by atoms with Crippen LogP contribution in [0.25, 0.3) is 0 Å². The molecule has 1 aliphatic rings. The number of benzene rings is 1. The van der Waals surface area contributed by atoms with Crippen LogP contribution in [0.5, 0.6) is 0 Å². The lowest BCUT2D eigenvalue weighted by Gasteiger charge is -2.33. The van der Waals surface area contributed by atoms with Gasteiger partial charge in [-0.05, 0) is 24.8 Å². The lowest BCUT2D eigenvalue weighted by atomic mass is 9.97. The van der Waals surface area contributed by atoms with Crippen molar-refractivity contribution in [1.82, 2.24) is 10.2 Å². The van der Waals surface area contributed by atoms with Gasteiger partial charge in [-0.25, -0.2) is 8.42 Å². The zero-order valence-electron chi connectivity index (χ0n) is 16.1. The molecule has 0 aromatic heterocycles. The minimum absolute atomic E-state index is 0.0486. The maximum Gasteiger partial charge on any atom is 0.308 e. The average molecular weight is 396 g/mol. The van der Waals surface area contributed by atoms with E-state index >= 15 is 0 Å². The summed E-state index contributed by atoms with van der Waals surface area (Å²) in [5.41, 5.74) is 0.815. The smallest absolute Gasteiger partial charge is 0.308 e. The summed E-state index contributed by atoms with van der Waals surface area (Å²) in [6.45, 7) is 2.00. The highest BCUT2D eigenvalue weighted by atomic mass is 32.2. The third-order valence-electron chi connectivity index (χ3n) is 4.69. The van der Waals surface area contributed by atoms with Gasteiger partial charge in [0, 0.05) is 26.7 Å². The molecule has 0 radical (unpaired) electrons. The fraction of sp³-hybridized carbons (Fsp3) is 0.579. The quantitative estimate of drug-likeness (QED) is 0.325. The Hall–Kier alpha value is -2.09. The van der Waals surface area contributed by atoms with Crippen LogP contribution < -0.4 is 5.32 Å². The molecule has 0 saturated carbocycles. The minimum Gasteiger partial charge on any atom is -0.469 e. The molecule has 0 atom stereocenters. The SMILES string of the molecule is CN=C(NCCCS(=O)(=O)Cc1ccccc1)N1CCC(C(=O)OC)CC1. The van der Waals surface area contributed by atoms with Crippen molar-refractivity contribution < 1.29 is 17.9 Å². The van der Waals surface area contributed by atoms with Crippen LogP contribution >= 0.6 is 0 Å². The molecule has 0 spiro atoms. The molecule has 1 heterocycles. The summed E-state index contributed by atoms with van der Waals surface area (Å²) >= 11 is 0. The molecular weight excluding hydrogens is 366 g/mol. The second-order valence-corrected chi connectivity index (χ2v) is 8.87. The summed E-state index contributed by atoms with van der Waals surface area (Å²) in [7, 11) is -0.00186. The number of hydrogen-bond donors (Lipinski definition) is 1. The van der Waals surface area contributed by atoms with E-state index < -0.39 is 9.84 Å². The average Bonchev–Trinajstić information content (AvgIpc) is 2.68. The molecule has 0 amide bonds. The molecule has 27 heavy (non-hydrogen) atoms. The molecular formula is C19H29N3O4S. The van der Waals surface area contributed by atoms with E-state index in [1.807, 2.05) is 30.3 Å². The van der Waals surface area contributed by atoms with E-state index in [4.69, 9.17) is 4.74 Å². The number of likely N-dealkylation sites (tertiary alicyclic amines) is 1. The first kappa shape index (κ1) is 21.2. The zero-order chi connectivity index (χ0) is 19.7.